The van der Waals surface area contributed by atoms with Crippen LogP contribution in [0.4, 0.5) is 0 Å². The van der Waals surface area contributed by atoms with Crippen LogP contribution in [-0.4, -0.2) is 5.78 Å². The van der Waals surface area contributed by atoms with E-state index in [2.05, 4.69) is 20.4 Å². The monoisotopic (exact) mass is 194 g/mol. The number of carbonyl (C=O) groups excluding carboxylic acids is 1. The summed E-state index contributed by atoms with van der Waals surface area (Å²) in [6.45, 7) is 8.35. The van der Waals surface area contributed by atoms with E-state index in [9.17, 15) is 4.79 Å². The standard InChI is InChI=1S/C13H22O/c1-4-11(9-10(2)3)12-5-7-13(14)8-6-12/h11-12H,2,4-9H2,1,3H3. The van der Waals surface area contributed by atoms with Crippen molar-refractivity contribution in [3.63, 3.8) is 0 Å². The van der Waals surface area contributed by atoms with E-state index in [1.165, 1.54) is 12.0 Å². The van der Waals surface area contributed by atoms with Gasteiger partial charge >= 0.3 is 0 Å². The van der Waals surface area contributed by atoms with Crippen molar-refractivity contribution in [1.29, 1.82) is 0 Å². The molecule has 1 fully saturated rings. The largest absolute Gasteiger partial charge is 0.300 e. The van der Waals surface area contributed by atoms with Gasteiger partial charge in [-0.1, -0.05) is 18.9 Å². The fraction of sp³-hybridized carbons (Fsp3) is 0.769. The summed E-state index contributed by atoms with van der Waals surface area (Å²) in [6.07, 6.45) is 6.24. The Labute approximate surface area is 87.6 Å². The van der Waals surface area contributed by atoms with Gasteiger partial charge in [0.1, 0.15) is 5.78 Å². The Morgan fingerprint density at radius 1 is 1.50 bits per heavy atom. The smallest absolute Gasteiger partial charge is 0.132 e. The number of hydrogen-bond acceptors (Lipinski definition) is 1. The van der Waals surface area contributed by atoms with E-state index in [1.807, 2.05) is 0 Å². The molecule has 0 amide bonds. The second kappa shape index (κ2) is 5.33. The topological polar surface area (TPSA) is 17.1 Å². The molecule has 1 heteroatoms. The highest BCUT2D eigenvalue weighted by Crippen LogP contribution is 2.33. The van der Waals surface area contributed by atoms with Crippen LogP contribution in [0.3, 0.4) is 0 Å². The van der Waals surface area contributed by atoms with Crippen molar-refractivity contribution in [2.75, 3.05) is 0 Å². The third kappa shape index (κ3) is 3.28. The van der Waals surface area contributed by atoms with Crippen LogP contribution in [-0.2, 0) is 4.79 Å². The molecule has 0 spiro atoms. The summed E-state index contributed by atoms with van der Waals surface area (Å²) in [5.74, 6) is 2.00. The SMILES string of the molecule is C=C(C)CC(CC)C1CCC(=O)CC1. The zero-order valence-electron chi connectivity index (χ0n) is 9.51. The molecule has 0 bridgehead atoms. The molecule has 0 radical (unpaired) electrons. The second-order valence-corrected chi connectivity index (χ2v) is 4.71. The van der Waals surface area contributed by atoms with Crippen LogP contribution in [0.1, 0.15) is 52.4 Å². The van der Waals surface area contributed by atoms with Gasteiger partial charge in [0.2, 0.25) is 0 Å². The van der Waals surface area contributed by atoms with Gasteiger partial charge in [0.05, 0.1) is 0 Å². The van der Waals surface area contributed by atoms with Gasteiger partial charge < -0.3 is 0 Å². The number of rotatable bonds is 4. The Hall–Kier alpha value is -0.590. The fourth-order valence-electron chi connectivity index (χ4n) is 2.53. The van der Waals surface area contributed by atoms with Crippen LogP contribution >= 0.6 is 0 Å². The van der Waals surface area contributed by atoms with Gasteiger partial charge in [0.25, 0.3) is 0 Å². The molecule has 1 atom stereocenters. The molecule has 1 saturated carbocycles. The van der Waals surface area contributed by atoms with Gasteiger partial charge in [-0.25, -0.2) is 0 Å². The lowest BCUT2D eigenvalue weighted by Crippen LogP contribution is -2.21. The first-order valence-electron chi connectivity index (χ1n) is 5.79. The number of Topliss-reactive ketones (excluding diaryl/α,β-unsaturated/α-hetero) is 1. The summed E-state index contributed by atoms with van der Waals surface area (Å²) < 4.78 is 0. The van der Waals surface area contributed by atoms with Crippen molar-refractivity contribution in [2.45, 2.75) is 52.4 Å². The molecule has 0 heterocycles. The minimum Gasteiger partial charge on any atom is -0.300 e. The zero-order chi connectivity index (χ0) is 10.6. The van der Waals surface area contributed by atoms with Gasteiger partial charge in [-0.15, -0.1) is 6.58 Å². The molecular formula is C13H22O. The average molecular weight is 194 g/mol. The summed E-state index contributed by atoms with van der Waals surface area (Å²) in [6, 6.07) is 0. The average Bonchev–Trinajstić information content (AvgIpc) is 2.15. The van der Waals surface area contributed by atoms with E-state index in [1.54, 1.807) is 0 Å². The van der Waals surface area contributed by atoms with Gasteiger partial charge in [0, 0.05) is 12.8 Å². The van der Waals surface area contributed by atoms with Crippen molar-refractivity contribution >= 4 is 5.78 Å². The third-order valence-corrected chi connectivity index (χ3v) is 3.39. The van der Waals surface area contributed by atoms with Crippen LogP contribution in [0.2, 0.25) is 0 Å². The van der Waals surface area contributed by atoms with E-state index in [0.717, 1.165) is 43.9 Å². The highest BCUT2D eigenvalue weighted by Gasteiger charge is 2.25. The molecule has 0 aromatic rings. The zero-order valence-corrected chi connectivity index (χ0v) is 9.51. The quantitative estimate of drug-likeness (QED) is 0.623. The molecule has 1 rings (SSSR count). The lowest BCUT2D eigenvalue weighted by Gasteiger charge is -2.29. The molecule has 1 aliphatic carbocycles. The third-order valence-electron chi connectivity index (χ3n) is 3.39. The van der Waals surface area contributed by atoms with Crippen LogP contribution in [0.15, 0.2) is 12.2 Å². The summed E-state index contributed by atoms with van der Waals surface area (Å²) in [4.78, 5) is 11.1. The Morgan fingerprint density at radius 3 is 2.50 bits per heavy atom. The minimum absolute atomic E-state index is 0.464. The van der Waals surface area contributed by atoms with E-state index in [-0.39, 0.29) is 0 Å². The molecule has 0 saturated heterocycles. The number of hydrogen-bond donors (Lipinski definition) is 0. The number of allylic oxidation sites excluding steroid dienone is 1. The fourth-order valence-corrected chi connectivity index (χ4v) is 2.53. The molecule has 14 heavy (non-hydrogen) atoms. The molecule has 1 nitrogen and oxygen atoms in total. The summed E-state index contributed by atoms with van der Waals surface area (Å²) in [5, 5.41) is 0. The first-order valence-corrected chi connectivity index (χ1v) is 5.79. The maximum Gasteiger partial charge on any atom is 0.132 e. The summed E-state index contributed by atoms with van der Waals surface area (Å²) >= 11 is 0. The predicted molar refractivity (Wildman–Crippen MR) is 60.2 cm³/mol. The molecule has 1 unspecified atom stereocenters. The maximum atomic E-state index is 11.1. The molecule has 1 aliphatic rings. The van der Waals surface area contributed by atoms with Crippen LogP contribution in [0, 0.1) is 11.8 Å². The highest BCUT2D eigenvalue weighted by atomic mass is 16.1. The first-order chi connectivity index (χ1) is 6.63. The van der Waals surface area contributed by atoms with Crippen LogP contribution < -0.4 is 0 Å². The Balaban J connectivity index is 2.44. The highest BCUT2D eigenvalue weighted by molar-refractivity contribution is 5.79. The van der Waals surface area contributed by atoms with Gasteiger partial charge in [-0.2, -0.15) is 0 Å². The Bertz CT molecular complexity index is 207. The minimum atomic E-state index is 0.464. The predicted octanol–water partition coefficient (Wildman–Crippen LogP) is 3.74. The number of ketones is 1. The summed E-state index contributed by atoms with van der Waals surface area (Å²) in [7, 11) is 0. The molecular weight excluding hydrogens is 172 g/mol. The first kappa shape index (κ1) is 11.5. The van der Waals surface area contributed by atoms with Gasteiger partial charge in [-0.05, 0) is 38.0 Å². The van der Waals surface area contributed by atoms with Crippen LogP contribution in [0.25, 0.3) is 0 Å². The van der Waals surface area contributed by atoms with Crippen molar-refractivity contribution in [2.24, 2.45) is 11.8 Å². The van der Waals surface area contributed by atoms with E-state index in [0.29, 0.717) is 5.78 Å². The Morgan fingerprint density at radius 2 is 2.07 bits per heavy atom. The molecule has 80 valence electrons. The van der Waals surface area contributed by atoms with Crippen molar-refractivity contribution in [3.8, 4) is 0 Å². The number of carbonyl (C=O) groups is 1. The molecule has 0 aliphatic heterocycles. The second-order valence-electron chi connectivity index (χ2n) is 4.71. The van der Waals surface area contributed by atoms with Crippen molar-refractivity contribution in [1.82, 2.24) is 0 Å². The summed E-state index contributed by atoms with van der Waals surface area (Å²) in [5.41, 5.74) is 1.29. The molecule has 0 aromatic heterocycles. The molecule has 0 aromatic carbocycles. The molecule has 0 N–H and O–H groups in total. The lowest BCUT2D eigenvalue weighted by atomic mass is 9.76. The van der Waals surface area contributed by atoms with Crippen molar-refractivity contribution < 1.29 is 4.79 Å². The normalized spacial score (nSPS) is 20.9. The van der Waals surface area contributed by atoms with Crippen molar-refractivity contribution in [3.05, 3.63) is 12.2 Å². The van der Waals surface area contributed by atoms with E-state index < -0.39 is 0 Å². The van der Waals surface area contributed by atoms with E-state index >= 15 is 0 Å². The Kier molecular flexibility index (Phi) is 4.37. The van der Waals surface area contributed by atoms with Crippen LogP contribution in [0.5, 0.6) is 0 Å². The van der Waals surface area contributed by atoms with Gasteiger partial charge in [0.15, 0.2) is 0 Å². The maximum absolute atomic E-state index is 11.1. The van der Waals surface area contributed by atoms with E-state index in [4.69, 9.17) is 0 Å². The lowest BCUT2D eigenvalue weighted by molar-refractivity contribution is -0.121. The van der Waals surface area contributed by atoms with Gasteiger partial charge in [-0.3, -0.25) is 4.79 Å².